The van der Waals surface area contributed by atoms with E-state index in [-0.39, 0.29) is 11.6 Å². The van der Waals surface area contributed by atoms with Crippen molar-refractivity contribution in [3.8, 4) is 0 Å². The van der Waals surface area contributed by atoms with Crippen LogP contribution in [0.5, 0.6) is 0 Å². The standard InChI is InChI=1S/C13H9BrF2IN/c14-10-5-7(1-4-11(10)16)13(18)9-3-2-8(15)6-12(9)17/h1-6,13H,18H2. The number of hydrogen-bond acceptors (Lipinski definition) is 1. The topological polar surface area (TPSA) is 26.0 Å². The summed E-state index contributed by atoms with van der Waals surface area (Å²) >= 11 is 5.16. The molecule has 0 radical (unpaired) electrons. The summed E-state index contributed by atoms with van der Waals surface area (Å²) < 4.78 is 27.3. The first-order valence-electron chi connectivity index (χ1n) is 5.14. The van der Waals surface area contributed by atoms with Gasteiger partial charge in [-0.05, 0) is 73.9 Å². The van der Waals surface area contributed by atoms with Gasteiger partial charge in [0.05, 0.1) is 10.5 Å². The van der Waals surface area contributed by atoms with Gasteiger partial charge in [-0.15, -0.1) is 0 Å². The first-order valence-corrected chi connectivity index (χ1v) is 7.01. The van der Waals surface area contributed by atoms with Gasteiger partial charge in [0.15, 0.2) is 0 Å². The molecule has 1 unspecified atom stereocenters. The average molecular weight is 424 g/mol. The third kappa shape index (κ3) is 2.89. The maximum Gasteiger partial charge on any atom is 0.137 e. The van der Waals surface area contributed by atoms with Crippen LogP contribution in [0.4, 0.5) is 8.78 Å². The fourth-order valence-corrected chi connectivity index (χ4v) is 2.85. The molecule has 2 aromatic carbocycles. The number of hydrogen-bond donors (Lipinski definition) is 1. The zero-order valence-corrected chi connectivity index (χ0v) is 12.9. The van der Waals surface area contributed by atoms with Crippen molar-refractivity contribution in [2.45, 2.75) is 6.04 Å². The molecule has 0 aromatic heterocycles. The molecule has 0 saturated heterocycles. The molecule has 0 bridgehead atoms. The van der Waals surface area contributed by atoms with Crippen LogP contribution in [-0.2, 0) is 0 Å². The van der Waals surface area contributed by atoms with Crippen LogP contribution in [0.2, 0.25) is 0 Å². The molecule has 2 N–H and O–H groups in total. The third-order valence-corrected chi connectivity index (χ3v) is 4.14. The minimum absolute atomic E-state index is 0.296. The molecule has 2 aromatic rings. The SMILES string of the molecule is NC(c1ccc(F)c(Br)c1)c1ccc(F)cc1I. The molecule has 2 rings (SSSR count). The summed E-state index contributed by atoms with van der Waals surface area (Å²) in [4.78, 5) is 0. The maximum absolute atomic E-state index is 13.2. The maximum atomic E-state index is 13.2. The Kier molecular flexibility index (Phi) is 4.34. The molecule has 0 spiro atoms. The molecule has 5 heteroatoms. The van der Waals surface area contributed by atoms with Crippen molar-refractivity contribution in [1.82, 2.24) is 0 Å². The summed E-state index contributed by atoms with van der Waals surface area (Å²) in [6.45, 7) is 0. The van der Waals surface area contributed by atoms with Crippen LogP contribution in [0.15, 0.2) is 40.9 Å². The number of nitrogens with two attached hydrogens (primary N) is 1. The highest BCUT2D eigenvalue weighted by Crippen LogP contribution is 2.27. The van der Waals surface area contributed by atoms with Gasteiger partial charge in [0.1, 0.15) is 11.6 Å². The van der Waals surface area contributed by atoms with Crippen molar-refractivity contribution in [2.24, 2.45) is 5.73 Å². The normalized spacial score (nSPS) is 12.5. The Morgan fingerprint density at radius 1 is 1.11 bits per heavy atom. The molecule has 0 heterocycles. The first-order chi connectivity index (χ1) is 8.49. The molecule has 0 aliphatic heterocycles. The molecule has 94 valence electrons. The van der Waals surface area contributed by atoms with Gasteiger partial charge in [0.2, 0.25) is 0 Å². The Morgan fingerprint density at radius 3 is 2.44 bits per heavy atom. The fraction of sp³-hybridized carbons (Fsp3) is 0.0769. The molecule has 18 heavy (non-hydrogen) atoms. The van der Waals surface area contributed by atoms with E-state index in [9.17, 15) is 8.78 Å². The number of rotatable bonds is 2. The van der Waals surface area contributed by atoms with E-state index in [1.165, 1.54) is 18.2 Å². The van der Waals surface area contributed by atoms with E-state index in [2.05, 4.69) is 15.9 Å². The largest absolute Gasteiger partial charge is 0.320 e. The van der Waals surface area contributed by atoms with Gasteiger partial charge >= 0.3 is 0 Å². The summed E-state index contributed by atoms with van der Waals surface area (Å²) in [7, 11) is 0. The van der Waals surface area contributed by atoms with Crippen molar-refractivity contribution in [2.75, 3.05) is 0 Å². The predicted molar refractivity (Wildman–Crippen MR) is 79.2 cm³/mol. The number of halogens is 4. The minimum Gasteiger partial charge on any atom is -0.320 e. The number of benzene rings is 2. The highest BCUT2D eigenvalue weighted by atomic mass is 127. The Labute approximate surface area is 126 Å². The molecule has 0 fully saturated rings. The van der Waals surface area contributed by atoms with Crippen molar-refractivity contribution in [3.05, 3.63) is 67.2 Å². The van der Waals surface area contributed by atoms with Crippen LogP contribution < -0.4 is 5.73 Å². The molecule has 0 aliphatic rings. The second-order valence-corrected chi connectivity index (χ2v) is 5.83. The summed E-state index contributed by atoms with van der Waals surface area (Å²) in [5.41, 5.74) is 7.70. The van der Waals surface area contributed by atoms with Gasteiger partial charge in [0, 0.05) is 3.57 Å². The van der Waals surface area contributed by atoms with Crippen molar-refractivity contribution in [1.29, 1.82) is 0 Å². The molecule has 1 nitrogen and oxygen atoms in total. The lowest BCUT2D eigenvalue weighted by molar-refractivity contribution is 0.619. The first kappa shape index (κ1) is 13.9. The average Bonchev–Trinajstić information content (AvgIpc) is 2.32. The van der Waals surface area contributed by atoms with Crippen LogP contribution in [0.1, 0.15) is 17.2 Å². The van der Waals surface area contributed by atoms with Crippen LogP contribution >= 0.6 is 38.5 Å². The highest BCUT2D eigenvalue weighted by Gasteiger charge is 2.14. The van der Waals surface area contributed by atoms with Gasteiger partial charge in [-0.3, -0.25) is 0 Å². The van der Waals surface area contributed by atoms with Crippen LogP contribution in [-0.4, -0.2) is 0 Å². The molecule has 0 amide bonds. The molecule has 0 aliphatic carbocycles. The zero-order valence-electron chi connectivity index (χ0n) is 9.13. The third-order valence-electron chi connectivity index (χ3n) is 2.60. The van der Waals surface area contributed by atoms with E-state index in [0.717, 1.165) is 14.7 Å². The quantitative estimate of drug-likeness (QED) is 0.712. The second-order valence-electron chi connectivity index (χ2n) is 3.82. The smallest absolute Gasteiger partial charge is 0.137 e. The van der Waals surface area contributed by atoms with Crippen LogP contribution in [0.25, 0.3) is 0 Å². The van der Waals surface area contributed by atoms with E-state index in [1.807, 2.05) is 22.6 Å². The zero-order chi connectivity index (χ0) is 13.3. The van der Waals surface area contributed by atoms with Gasteiger partial charge in [-0.2, -0.15) is 0 Å². The lowest BCUT2D eigenvalue weighted by Gasteiger charge is -2.15. The minimum atomic E-state index is -0.408. The van der Waals surface area contributed by atoms with E-state index in [4.69, 9.17) is 5.73 Å². The Balaban J connectivity index is 2.41. The lowest BCUT2D eigenvalue weighted by Crippen LogP contribution is -2.13. The van der Waals surface area contributed by atoms with Gasteiger partial charge in [-0.25, -0.2) is 8.78 Å². The predicted octanol–water partition coefficient (Wildman–Crippen LogP) is 4.38. The Bertz CT molecular complexity index is 589. The highest BCUT2D eigenvalue weighted by molar-refractivity contribution is 14.1. The van der Waals surface area contributed by atoms with Crippen molar-refractivity contribution >= 4 is 38.5 Å². The summed E-state index contributed by atoms with van der Waals surface area (Å²) in [5.74, 6) is -0.629. The molecule has 1 atom stereocenters. The molecular formula is C13H9BrF2IN. The Morgan fingerprint density at radius 2 is 1.83 bits per heavy atom. The summed E-state index contributed by atoms with van der Waals surface area (Å²) in [5, 5.41) is 0. The van der Waals surface area contributed by atoms with Gasteiger partial charge in [-0.1, -0.05) is 12.1 Å². The van der Waals surface area contributed by atoms with Crippen molar-refractivity contribution < 1.29 is 8.78 Å². The second kappa shape index (κ2) is 5.63. The van der Waals surface area contributed by atoms with E-state index in [1.54, 1.807) is 18.2 Å². The monoisotopic (exact) mass is 423 g/mol. The Hall–Kier alpha value is -0.530. The van der Waals surface area contributed by atoms with Crippen LogP contribution in [0, 0.1) is 15.2 Å². The summed E-state index contributed by atoms with van der Waals surface area (Å²) in [6.07, 6.45) is 0. The van der Waals surface area contributed by atoms with Gasteiger partial charge in [0.25, 0.3) is 0 Å². The van der Waals surface area contributed by atoms with Gasteiger partial charge < -0.3 is 5.73 Å². The molecule has 0 saturated carbocycles. The lowest BCUT2D eigenvalue weighted by atomic mass is 10.00. The van der Waals surface area contributed by atoms with E-state index >= 15 is 0 Å². The van der Waals surface area contributed by atoms with Crippen molar-refractivity contribution in [3.63, 3.8) is 0 Å². The molecular weight excluding hydrogens is 415 g/mol. The fourth-order valence-electron chi connectivity index (χ4n) is 1.64. The van der Waals surface area contributed by atoms with Crippen LogP contribution in [0.3, 0.4) is 0 Å². The van der Waals surface area contributed by atoms with E-state index < -0.39 is 6.04 Å². The van der Waals surface area contributed by atoms with E-state index in [0.29, 0.717) is 4.47 Å². The summed E-state index contributed by atoms with van der Waals surface area (Å²) in [6, 6.07) is 8.66.